The summed E-state index contributed by atoms with van der Waals surface area (Å²) in [6.07, 6.45) is 6.78. The van der Waals surface area contributed by atoms with E-state index in [2.05, 4.69) is 13.2 Å². The molecular formula is C10H16N2O. The van der Waals surface area contributed by atoms with Crippen LogP contribution in [-0.4, -0.2) is 11.1 Å². The van der Waals surface area contributed by atoms with Gasteiger partial charge in [0.15, 0.2) is 0 Å². The molecule has 0 radical (unpaired) electrons. The van der Waals surface area contributed by atoms with Gasteiger partial charge in [-0.2, -0.15) is 0 Å². The van der Waals surface area contributed by atoms with Crippen LogP contribution >= 0.6 is 0 Å². The van der Waals surface area contributed by atoms with E-state index in [-0.39, 0.29) is 11.8 Å². The van der Waals surface area contributed by atoms with Crippen LogP contribution in [0.4, 0.5) is 0 Å². The summed E-state index contributed by atoms with van der Waals surface area (Å²) in [4.78, 5) is 0. The van der Waals surface area contributed by atoms with E-state index in [0.29, 0.717) is 6.42 Å². The first kappa shape index (κ1) is 11.5. The number of hydrogen-bond acceptors (Lipinski definition) is 3. The summed E-state index contributed by atoms with van der Waals surface area (Å²) >= 11 is 0. The van der Waals surface area contributed by atoms with Crippen molar-refractivity contribution in [1.29, 1.82) is 0 Å². The lowest BCUT2D eigenvalue weighted by Crippen LogP contribution is -2.22. The maximum Gasteiger partial charge on any atom is 0.0870 e. The molecular weight excluding hydrogens is 164 g/mol. The summed E-state index contributed by atoms with van der Waals surface area (Å²) in [6, 6.07) is -0.286. The van der Waals surface area contributed by atoms with Gasteiger partial charge in [-0.1, -0.05) is 25.3 Å². The van der Waals surface area contributed by atoms with Gasteiger partial charge in [0.05, 0.1) is 5.76 Å². The molecule has 5 N–H and O–H groups in total. The van der Waals surface area contributed by atoms with Crippen LogP contribution in [0.2, 0.25) is 0 Å². The maximum absolute atomic E-state index is 8.91. The lowest BCUT2D eigenvalue weighted by molar-refractivity contribution is 0.383. The third-order valence-corrected chi connectivity index (χ3v) is 1.52. The van der Waals surface area contributed by atoms with Gasteiger partial charge in [0.25, 0.3) is 0 Å². The highest BCUT2D eigenvalue weighted by atomic mass is 16.3. The predicted octanol–water partition coefficient (Wildman–Crippen LogP) is 1.36. The molecule has 0 aromatic heterocycles. The van der Waals surface area contributed by atoms with Crippen LogP contribution in [0.3, 0.4) is 0 Å². The Balaban J connectivity index is 4.39. The Hall–Kier alpha value is -1.48. The molecule has 0 amide bonds. The molecule has 0 saturated carbocycles. The zero-order valence-electron chi connectivity index (χ0n) is 7.61. The summed E-state index contributed by atoms with van der Waals surface area (Å²) < 4.78 is 0. The molecule has 0 aromatic rings. The van der Waals surface area contributed by atoms with E-state index in [1.54, 1.807) is 18.2 Å². The van der Waals surface area contributed by atoms with Crippen molar-refractivity contribution in [2.75, 3.05) is 0 Å². The molecule has 3 heteroatoms. The molecule has 0 spiro atoms. The van der Waals surface area contributed by atoms with Crippen molar-refractivity contribution in [3.63, 3.8) is 0 Å². The summed E-state index contributed by atoms with van der Waals surface area (Å²) in [5.74, 6) is 0.0666. The third-order valence-electron chi connectivity index (χ3n) is 1.52. The van der Waals surface area contributed by atoms with Gasteiger partial charge in [0.2, 0.25) is 0 Å². The Labute approximate surface area is 78.7 Å². The Morgan fingerprint density at radius 2 is 2.15 bits per heavy atom. The van der Waals surface area contributed by atoms with Gasteiger partial charge >= 0.3 is 0 Å². The first-order chi connectivity index (χ1) is 6.11. The average molecular weight is 180 g/mol. The van der Waals surface area contributed by atoms with Gasteiger partial charge in [-0.05, 0) is 17.8 Å². The van der Waals surface area contributed by atoms with Gasteiger partial charge in [0, 0.05) is 12.5 Å². The molecule has 13 heavy (non-hydrogen) atoms. The number of hydrogen-bond donors (Lipinski definition) is 3. The van der Waals surface area contributed by atoms with E-state index in [9.17, 15) is 0 Å². The van der Waals surface area contributed by atoms with E-state index in [1.165, 1.54) is 6.20 Å². The highest BCUT2D eigenvalue weighted by molar-refractivity contribution is 5.27. The highest BCUT2D eigenvalue weighted by Crippen LogP contribution is 2.08. The van der Waals surface area contributed by atoms with Crippen LogP contribution in [0.5, 0.6) is 0 Å². The highest BCUT2D eigenvalue weighted by Gasteiger charge is 2.06. The number of aliphatic hydroxyl groups is 1. The Bertz CT molecular complexity index is 241. The molecule has 0 aromatic carbocycles. The SMILES string of the molecule is C=C/C(=C\C=C/N)C(N)CC(=C)O. The fourth-order valence-corrected chi connectivity index (χ4v) is 0.881. The number of aliphatic hydroxyl groups excluding tert-OH is 1. The van der Waals surface area contributed by atoms with Crippen LogP contribution in [0.25, 0.3) is 0 Å². The lowest BCUT2D eigenvalue weighted by Gasteiger charge is -2.10. The molecule has 72 valence electrons. The van der Waals surface area contributed by atoms with Crippen molar-refractivity contribution in [2.45, 2.75) is 12.5 Å². The van der Waals surface area contributed by atoms with Gasteiger partial charge in [0.1, 0.15) is 0 Å². The van der Waals surface area contributed by atoms with Crippen molar-refractivity contribution >= 4 is 0 Å². The minimum atomic E-state index is -0.286. The van der Waals surface area contributed by atoms with Crippen LogP contribution < -0.4 is 11.5 Å². The molecule has 0 bridgehead atoms. The normalized spacial score (nSPS) is 14.4. The Morgan fingerprint density at radius 1 is 1.54 bits per heavy atom. The quantitative estimate of drug-likeness (QED) is 0.442. The van der Waals surface area contributed by atoms with Crippen molar-refractivity contribution in [2.24, 2.45) is 11.5 Å². The van der Waals surface area contributed by atoms with Crippen molar-refractivity contribution in [1.82, 2.24) is 0 Å². The monoisotopic (exact) mass is 180 g/mol. The molecule has 0 aliphatic heterocycles. The van der Waals surface area contributed by atoms with E-state index >= 15 is 0 Å². The second-order valence-corrected chi connectivity index (χ2v) is 2.63. The van der Waals surface area contributed by atoms with Gasteiger partial charge in [-0.3, -0.25) is 0 Å². The number of rotatable bonds is 5. The fourth-order valence-electron chi connectivity index (χ4n) is 0.881. The minimum Gasteiger partial charge on any atom is -0.513 e. The maximum atomic E-state index is 8.91. The van der Waals surface area contributed by atoms with Crippen LogP contribution in [0, 0.1) is 0 Å². The molecule has 0 saturated heterocycles. The van der Waals surface area contributed by atoms with E-state index < -0.39 is 0 Å². The second-order valence-electron chi connectivity index (χ2n) is 2.63. The smallest absolute Gasteiger partial charge is 0.0870 e. The number of allylic oxidation sites excluding steroid dienone is 2. The number of nitrogens with two attached hydrogens (primary N) is 2. The first-order valence-electron chi connectivity index (χ1n) is 3.95. The summed E-state index contributed by atoms with van der Waals surface area (Å²) in [6.45, 7) is 6.97. The molecule has 0 fully saturated rings. The largest absolute Gasteiger partial charge is 0.513 e. The van der Waals surface area contributed by atoms with Crippen LogP contribution in [0.1, 0.15) is 6.42 Å². The van der Waals surface area contributed by atoms with Crippen molar-refractivity contribution < 1.29 is 5.11 Å². The Morgan fingerprint density at radius 3 is 2.54 bits per heavy atom. The average Bonchev–Trinajstić information content (AvgIpc) is 2.04. The van der Waals surface area contributed by atoms with Crippen LogP contribution in [-0.2, 0) is 0 Å². The summed E-state index contributed by atoms with van der Waals surface area (Å²) in [5.41, 5.74) is 11.7. The predicted molar refractivity (Wildman–Crippen MR) is 56.0 cm³/mol. The lowest BCUT2D eigenvalue weighted by atomic mass is 10.0. The van der Waals surface area contributed by atoms with E-state index in [1.807, 2.05) is 0 Å². The first-order valence-corrected chi connectivity index (χ1v) is 3.95. The van der Waals surface area contributed by atoms with Gasteiger partial charge in [-0.15, -0.1) is 0 Å². The van der Waals surface area contributed by atoms with Crippen LogP contribution in [0.15, 0.2) is 48.9 Å². The zero-order chi connectivity index (χ0) is 10.3. The Kier molecular flexibility index (Phi) is 5.39. The van der Waals surface area contributed by atoms with Gasteiger partial charge in [-0.25, -0.2) is 0 Å². The summed E-state index contributed by atoms with van der Waals surface area (Å²) in [7, 11) is 0. The topological polar surface area (TPSA) is 72.3 Å². The summed E-state index contributed by atoms with van der Waals surface area (Å²) in [5, 5.41) is 8.91. The van der Waals surface area contributed by atoms with Gasteiger partial charge < -0.3 is 16.6 Å². The molecule has 0 heterocycles. The molecule has 0 aliphatic carbocycles. The zero-order valence-corrected chi connectivity index (χ0v) is 7.61. The third kappa shape index (κ3) is 4.87. The molecule has 0 rings (SSSR count). The van der Waals surface area contributed by atoms with E-state index in [0.717, 1.165) is 5.57 Å². The fraction of sp³-hybridized carbons (Fsp3) is 0.200. The van der Waals surface area contributed by atoms with Crippen molar-refractivity contribution in [3.8, 4) is 0 Å². The second kappa shape index (κ2) is 6.08. The minimum absolute atomic E-state index is 0.0666. The molecule has 1 unspecified atom stereocenters. The van der Waals surface area contributed by atoms with Crippen molar-refractivity contribution in [3.05, 3.63) is 48.9 Å². The standard InChI is InChI=1S/C10H16N2O/c1-3-9(5-4-6-11)10(12)7-8(2)13/h3-6,10,13H,1-2,7,11-12H2/b6-4-,9-5+. The molecule has 3 nitrogen and oxygen atoms in total. The molecule has 1 atom stereocenters. The van der Waals surface area contributed by atoms with E-state index in [4.69, 9.17) is 16.6 Å². The molecule has 0 aliphatic rings.